The molecular weight excluding hydrogens is 305 g/mol. The average molecular weight is 318 g/mol. The molecule has 0 N–H and O–H groups in total. The summed E-state index contributed by atoms with van der Waals surface area (Å²) in [5, 5.41) is 0.725. The minimum Gasteiger partial charge on any atom is -0.299 e. The number of aryl methyl sites for hydroxylation is 2. The molecule has 0 spiro atoms. The van der Waals surface area contributed by atoms with Crippen LogP contribution in [0.15, 0.2) is 29.1 Å². The summed E-state index contributed by atoms with van der Waals surface area (Å²) in [6.45, 7) is 3.48. The molecule has 6 heteroatoms. The van der Waals surface area contributed by atoms with Gasteiger partial charge in [-0.1, -0.05) is 11.6 Å². The Morgan fingerprint density at radius 3 is 2.59 bits per heavy atom. The number of rotatable bonds is 1. The van der Waals surface area contributed by atoms with Crippen molar-refractivity contribution < 1.29 is 4.39 Å². The van der Waals surface area contributed by atoms with Crippen LogP contribution in [-0.2, 0) is 7.05 Å². The van der Waals surface area contributed by atoms with E-state index in [9.17, 15) is 9.18 Å². The van der Waals surface area contributed by atoms with Crippen molar-refractivity contribution in [3.8, 4) is 11.3 Å². The Balaban J connectivity index is 2.46. The quantitative estimate of drug-likeness (QED) is 0.691. The van der Waals surface area contributed by atoms with Gasteiger partial charge < -0.3 is 0 Å². The summed E-state index contributed by atoms with van der Waals surface area (Å²) in [4.78, 5) is 21.2. The second-order valence-electron chi connectivity index (χ2n) is 5.16. The first-order valence-electron chi connectivity index (χ1n) is 6.69. The van der Waals surface area contributed by atoms with Gasteiger partial charge in [0, 0.05) is 23.3 Å². The van der Waals surface area contributed by atoms with E-state index in [-0.39, 0.29) is 11.1 Å². The molecule has 0 bridgehead atoms. The number of halogens is 2. The first kappa shape index (κ1) is 14.7. The molecule has 0 radical (unpaired) electrons. The first-order chi connectivity index (χ1) is 10.4. The molecule has 0 fully saturated rings. The lowest BCUT2D eigenvalue weighted by Crippen LogP contribution is -2.21. The van der Waals surface area contributed by atoms with Gasteiger partial charge in [-0.15, -0.1) is 0 Å². The lowest BCUT2D eigenvalue weighted by molar-refractivity contribution is 0.631. The number of aromatic nitrogens is 3. The molecule has 112 valence electrons. The predicted octanol–water partition coefficient (Wildman–Crippen LogP) is 3.40. The summed E-state index contributed by atoms with van der Waals surface area (Å²) < 4.78 is 15.7. The Labute approximate surface area is 131 Å². The summed E-state index contributed by atoms with van der Waals surface area (Å²) in [7, 11) is 1.66. The van der Waals surface area contributed by atoms with E-state index in [2.05, 4.69) is 9.97 Å². The molecule has 3 aromatic rings. The summed E-state index contributed by atoms with van der Waals surface area (Å²) in [6.07, 6.45) is 0. The topological polar surface area (TPSA) is 47.8 Å². The van der Waals surface area contributed by atoms with Crippen LogP contribution in [0, 0.1) is 19.7 Å². The van der Waals surface area contributed by atoms with Gasteiger partial charge in [0.2, 0.25) is 0 Å². The van der Waals surface area contributed by atoms with E-state index in [1.165, 1.54) is 10.6 Å². The van der Waals surface area contributed by atoms with Crippen molar-refractivity contribution in [2.75, 3.05) is 0 Å². The van der Waals surface area contributed by atoms with Crippen molar-refractivity contribution >= 4 is 22.5 Å². The zero-order valence-corrected chi connectivity index (χ0v) is 13.1. The van der Waals surface area contributed by atoms with E-state index >= 15 is 0 Å². The van der Waals surface area contributed by atoms with E-state index in [1.54, 1.807) is 39.1 Å². The Morgan fingerprint density at radius 1 is 1.18 bits per heavy atom. The van der Waals surface area contributed by atoms with E-state index in [0.29, 0.717) is 33.1 Å². The fourth-order valence-corrected chi connectivity index (χ4v) is 2.54. The minimum absolute atomic E-state index is 0.177. The highest BCUT2D eigenvalue weighted by Gasteiger charge is 2.16. The Morgan fingerprint density at radius 2 is 1.91 bits per heavy atom. The zero-order chi connectivity index (χ0) is 16.0. The van der Waals surface area contributed by atoms with Crippen LogP contribution in [0.5, 0.6) is 0 Å². The molecule has 0 atom stereocenters. The standard InChI is InChI=1S/C16H13ClFN3O/c1-8-6-12-15(20-9(2)21(3)16(12)22)14(19-8)11-5-4-10(17)7-13(11)18/h4-7H,1-3H3. The van der Waals surface area contributed by atoms with Crippen LogP contribution in [0.4, 0.5) is 4.39 Å². The SMILES string of the molecule is Cc1cc2c(=O)n(C)c(C)nc2c(-c2ccc(Cl)cc2F)n1. The summed E-state index contributed by atoms with van der Waals surface area (Å²) >= 11 is 5.80. The molecule has 22 heavy (non-hydrogen) atoms. The highest BCUT2D eigenvalue weighted by Crippen LogP contribution is 2.28. The second-order valence-corrected chi connectivity index (χ2v) is 5.59. The van der Waals surface area contributed by atoms with Crippen LogP contribution in [-0.4, -0.2) is 14.5 Å². The third kappa shape index (κ3) is 2.27. The molecule has 0 amide bonds. The maximum absolute atomic E-state index is 14.2. The van der Waals surface area contributed by atoms with Crippen LogP contribution in [0.2, 0.25) is 5.02 Å². The molecule has 0 aliphatic heterocycles. The largest absolute Gasteiger partial charge is 0.299 e. The van der Waals surface area contributed by atoms with E-state index < -0.39 is 5.82 Å². The van der Waals surface area contributed by atoms with Gasteiger partial charge in [0.25, 0.3) is 5.56 Å². The highest BCUT2D eigenvalue weighted by molar-refractivity contribution is 6.30. The normalized spacial score (nSPS) is 11.1. The smallest absolute Gasteiger partial charge is 0.261 e. The van der Waals surface area contributed by atoms with Crippen molar-refractivity contribution in [2.24, 2.45) is 7.05 Å². The summed E-state index contributed by atoms with van der Waals surface area (Å²) in [5.74, 6) is 0.0470. The van der Waals surface area contributed by atoms with Gasteiger partial charge in [-0.05, 0) is 38.1 Å². The van der Waals surface area contributed by atoms with Gasteiger partial charge in [0.1, 0.15) is 17.2 Å². The molecule has 2 heterocycles. The monoisotopic (exact) mass is 317 g/mol. The van der Waals surface area contributed by atoms with Crippen molar-refractivity contribution in [3.05, 3.63) is 57.0 Å². The molecule has 3 rings (SSSR count). The van der Waals surface area contributed by atoms with Gasteiger partial charge in [-0.3, -0.25) is 14.3 Å². The van der Waals surface area contributed by atoms with E-state index in [1.807, 2.05) is 0 Å². The Bertz CT molecular complexity index is 966. The molecular formula is C16H13ClFN3O. The fraction of sp³-hybridized carbons (Fsp3) is 0.188. The predicted molar refractivity (Wildman–Crippen MR) is 84.7 cm³/mol. The van der Waals surface area contributed by atoms with Crippen molar-refractivity contribution in [1.82, 2.24) is 14.5 Å². The van der Waals surface area contributed by atoms with E-state index in [4.69, 9.17) is 11.6 Å². The second kappa shape index (κ2) is 5.18. The molecule has 0 aliphatic rings. The summed E-state index contributed by atoms with van der Waals surface area (Å²) in [5.41, 5.74) is 1.47. The maximum atomic E-state index is 14.2. The molecule has 0 aliphatic carbocycles. The summed E-state index contributed by atoms with van der Waals surface area (Å²) in [6, 6.07) is 6.03. The minimum atomic E-state index is -0.493. The lowest BCUT2D eigenvalue weighted by atomic mass is 10.1. The fourth-order valence-electron chi connectivity index (χ4n) is 2.38. The van der Waals surface area contributed by atoms with Gasteiger partial charge >= 0.3 is 0 Å². The van der Waals surface area contributed by atoms with Crippen molar-refractivity contribution in [2.45, 2.75) is 13.8 Å². The van der Waals surface area contributed by atoms with Crippen LogP contribution >= 0.6 is 11.6 Å². The van der Waals surface area contributed by atoms with Crippen molar-refractivity contribution in [3.63, 3.8) is 0 Å². The molecule has 0 unspecified atom stereocenters. The molecule has 1 aromatic carbocycles. The van der Waals surface area contributed by atoms with Gasteiger partial charge in [-0.2, -0.15) is 0 Å². The van der Waals surface area contributed by atoms with Gasteiger partial charge in [-0.25, -0.2) is 9.37 Å². The van der Waals surface area contributed by atoms with Crippen molar-refractivity contribution in [1.29, 1.82) is 0 Å². The van der Waals surface area contributed by atoms with Gasteiger partial charge in [0.15, 0.2) is 0 Å². The third-order valence-electron chi connectivity index (χ3n) is 3.60. The third-order valence-corrected chi connectivity index (χ3v) is 3.84. The van der Waals surface area contributed by atoms with E-state index in [0.717, 1.165) is 0 Å². The number of benzene rings is 1. The van der Waals surface area contributed by atoms with Crippen LogP contribution in [0.3, 0.4) is 0 Å². The number of nitrogens with zero attached hydrogens (tertiary/aromatic N) is 3. The van der Waals surface area contributed by atoms with Gasteiger partial charge in [0.05, 0.1) is 11.1 Å². The first-order valence-corrected chi connectivity index (χ1v) is 7.06. The Hall–Kier alpha value is -2.27. The number of fused-ring (bicyclic) bond motifs is 1. The zero-order valence-electron chi connectivity index (χ0n) is 12.3. The molecule has 0 saturated carbocycles. The number of hydrogen-bond acceptors (Lipinski definition) is 3. The highest BCUT2D eigenvalue weighted by atomic mass is 35.5. The molecule has 4 nitrogen and oxygen atoms in total. The van der Waals surface area contributed by atoms with Crippen LogP contribution < -0.4 is 5.56 Å². The Kier molecular flexibility index (Phi) is 3.45. The average Bonchev–Trinajstić information content (AvgIpc) is 2.46. The van der Waals surface area contributed by atoms with Crippen LogP contribution in [0.25, 0.3) is 22.2 Å². The maximum Gasteiger partial charge on any atom is 0.261 e. The van der Waals surface area contributed by atoms with Crippen LogP contribution in [0.1, 0.15) is 11.5 Å². The number of pyridine rings is 1. The number of hydrogen-bond donors (Lipinski definition) is 0. The molecule has 2 aromatic heterocycles. The lowest BCUT2D eigenvalue weighted by Gasteiger charge is -2.11. The molecule has 0 saturated heterocycles.